The lowest BCUT2D eigenvalue weighted by atomic mass is 9.99. The number of fused-ring (bicyclic) bond motifs is 1. The van der Waals surface area contributed by atoms with Gasteiger partial charge in [-0.1, -0.05) is 90.2 Å². The minimum absolute atomic E-state index is 0.300. The van der Waals surface area contributed by atoms with E-state index in [1.54, 1.807) is 24.3 Å². The molecule has 2 amide bonds. The largest absolute Gasteiger partial charge is 0.330 e. The molecule has 4 heteroatoms. The van der Waals surface area contributed by atoms with E-state index < -0.39 is 0 Å². The van der Waals surface area contributed by atoms with Crippen molar-refractivity contribution in [2.45, 2.75) is 84.5 Å². The zero-order valence-electron chi connectivity index (χ0n) is 17.3. The van der Waals surface area contributed by atoms with E-state index in [0.29, 0.717) is 11.1 Å². The van der Waals surface area contributed by atoms with Crippen LogP contribution in [0.5, 0.6) is 0 Å². The third-order valence-corrected chi connectivity index (χ3v) is 5.24. The highest BCUT2D eigenvalue weighted by Crippen LogP contribution is 2.15. The van der Waals surface area contributed by atoms with Crippen molar-refractivity contribution in [3.8, 4) is 0 Å². The summed E-state index contributed by atoms with van der Waals surface area (Å²) < 4.78 is 0. The van der Waals surface area contributed by atoms with Crippen LogP contribution in [0.4, 0.5) is 0 Å². The van der Waals surface area contributed by atoms with Gasteiger partial charge in [-0.05, 0) is 31.0 Å². The number of hydrogen-bond donors (Lipinski definition) is 2. The van der Waals surface area contributed by atoms with Gasteiger partial charge in [0.25, 0.3) is 11.8 Å². The second-order valence-electron chi connectivity index (χ2n) is 7.60. The van der Waals surface area contributed by atoms with Gasteiger partial charge >= 0.3 is 0 Å². The molecule has 0 spiro atoms. The Hall–Kier alpha value is -1.68. The topological polar surface area (TPSA) is 72.2 Å². The van der Waals surface area contributed by atoms with Crippen LogP contribution in [0, 0.1) is 5.92 Å². The van der Waals surface area contributed by atoms with Crippen LogP contribution in [-0.2, 0) is 0 Å². The van der Waals surface area contributed by atoms with Crippen LogP contribution in [-0.4, -0.2) is 18.4 Å². The molecule has 0 radical (unpaired) electrons. The molecule has 27 heavy (non-hydrogen) atoms. The van der Waals surface area contributed by atoms with Gasteiger partial charge < -0.3 is 5.73 Å². The zero-order valence-corrected chi connectivity index (χ0v) is 17.3. The van der Waals surface area contributed by atoms with Crippen LogP contribution < -0.4 is 11.1 Å². The second kappa shape index (κ2) is 14.4. The lowest BCUT2D eigenvalue weighted by Gasteiger charge is -2.07. The second-order valence-corrected chi connectivity index (χ2v) is 7.60. The van der Waals surface area contributed by atoms with E-state index in [4.69, 9.17) is 5.73 Å². The highest BCUT2D eigenvalue weighted by Gasteiger charge is 2.25. The molecule has 0 aromatic heterocycles. The van der Waals surface area contributed by atoms with Gasteiger partial charge in [0.15, 0.2) is 0 Å². The van der Waals surface area contributed by atoms with Crippen LogP contribution >= 0.6 is 0 Å². The fourth-order valence-electron chi connectivity index (χ4n) is 3.20. The van der Waals surface area contributed by atoms with E-state index in [0.717, 1.165) is 12.5 Å². The van der Waals surface area contributed by atoms with Gasteiger partial charge in [-0.2, -0.15) is 0 Å². The van der Waals surface area contributed by atoms with Crippen molar-refractivity contribution in [2.24, 2.45) is 11.7 Å². The molecule has 1 heterocycles. The van der Waals surface area contributed by atoms with E-state index in [1.165, 1.54) is 70.6 Å². The fourth-order valence-corrected chi connectivity index (χ4v) is 3.20. The van der Waals surface area contributed by atoms with Gasteiger partial charge in [-0.25, -0.2) is 0 Å². The maximum atomic E-state index is 10.9. The lowest BCUT2D eigenvalue weighted by Crippen LogP contribution is -2.19. The minimum atomic E-state index is -0.300. The number of imide groups is 1. The average molecular weight is 375 g/mol. The highest BCUT2D eigenvalue weighted by molar-refractivity contribution is 6.21. The van der Waals surface area contributed by atoms with E-state index in [2.05, 4.69) is 19.2 Å². The Labute approximate surface area is 165 Å². The standard InChI is InChI=1S/C15H33N.C8H5NO2/c1-3-15(2)13-11-9-7-5-4-6-8-10-12-14-16;10-7-5-3-1-2-4-6(5)8(11)9-7/h15H,3-14,16H2,1-2H3;1-4H,(H,9,10,11). The molecular formula is C23H38N2O2. The Morgan fingerprint density at radius 1 is 0.815 bits per heavy atom. The lowest BCUT2D eigenvalue weighted by molar-refractivity contribution is 0.0879. The monoisotopic (exact) mass is 374 g/mol. The van der Waals surface area contributed by atoms with Gasteiger partial charge in [0.05, 0.1) is 11.1 Å². The molecule has 1 atom stereocenters. The van der Waals surface area contributed by atoms with Crippen molar-refractivity contribution in [2.75, 3.05) is 6.54 Å². The number of nitrogens with two attached hydrogens (primary N) is 1. The summed E-state index contributed by atoms with van der Waals surface area (Å²) in [6.07, 6.45) is 15.4. The van der Waals surface area contributed by atoms with Crippen molar-refractivity contribution < 1.29 is 9.59 Å². The van der Waals surface area contributed by atoms with Crippen LogP contribution in [0.15, 0.2) is 24.3 Å². The molecule has 1 unspecified atom stereocenters. The molecule has 3 N–H and O–H groups in total. The summed E-state index contributed by atoms with van der Waals surface area (Å²) in [7, 11) is 0. The van der Waals surface area contributed by atoms with Crippen LogP contribution in [0.25, 0.3) is 0 Å². The Balaban J connectivity index is 0.000000285. The van der Waals surface area contributed by atoms with E-state index in [9.17, 15) is 9.59 Å². The number of unbranched alkanes of at least 4 members (excludes halogenated alkanes) is 8. The normalized spacial score (nSPS) is 13.6. The van der Waals surface area contributed by atoms with Crippen molar-refractivity contribution >= 4 is 11.8 Å². The summed E-state index contributed by atoms with van der Waals surface area (Å²) in [6, 6.07) is 6.74. The Morgan fingerprint density at radius 2 is 1.26 bits per heavy atom. The van der Waals surface area contributed by atoms with Crippen molar-refractivity contribution in [3.63, 3.8) is 0 Å². The minimum Gasteiger partial charge on any atom is -0.330 e. The maximum Gasteiger partial charge on any atom is 0.258 e. The van der Waals surface area contributed by atoms with Crippen LogP contribution in [0.1, 0.15) is 105 Å². The number of nitrogens with one attached hydrogen (secondary N) is 1. The number of rotatable bonds is 12. The Bertz CT molecular complexity index is 524. The van der Waals surface area contributed by atoms with Gasteiger partial charge in [0, 0.05) is 0 Å². The summed E-state index contributed by atoms with van der Waals surface area (Å²) in [6.45, 7) is 5.54. The Kier molecular flexibility index (Phi) is 12.4. The molecule has 1 aliphatic rings. The number of carbonyl (C=O) groups is 2. The first-order valence-corrected chi connectivity index (χ1v) is 10.7. The molecular weight excluding hydrogens is 336 g/mol. The quantitative estimate of drug-likeness (QED) is 0.377. The summed E-state index contributed by atoms with van der Waals surface area (Å²) in [5.74, 6) is 0.340. The molecule has 0 fully saturated rings. The van der Waals surface area contributed by atoms with E-state index in [1.807, 2.05) is 0 Å². The van der Waals surface area contributed by atoms with Crippen molar-refractivity contribution in [3.05, 3.63) is 35.4 Å². The van der Waals surface area contributed by atoms with Gasteiger partial charge in [0.1, 0.15) is 0 Å². The maximum absolute atomic E-state index is 10.9. The molecule has 0 bridgehead atoms. The van der Waals surface area contributed by atoms with E-state index in [-0.39, 0.29) is 11.8 Å². The first kappa shape index (κ1) is 23.4. The molecule has 0 aliphatic carbocycles. The molecule has 0 saturated heterocycles. The smallest absolute Gasteiger partial charge is 0.258 e. The Morgan fingerprint density at radius 3 is 1.70 bits per heavy atom. The van der Waals surface area contributed by atoms with Gasteiger partial charge in [0.2, 0.25) is 0 Å². The third-order valence-electron chi connectivity index (χ3n) is 5.24. The molecule has 1 aliphatic heterocycles. The SMILES string of the molecule is CCC(C)CCCCCCCCCCCN.O=C1NC(=O)c2ccccc21. The molecule has 2 rings (SSSR count). The predicted molar refractivity (Wildman–Crippen MR) is 113 cm³/mol. The molecule has 1 aromatic rings. The summed E-state index contributed by atoms with van der Waals surface area (Å²) >= 11 is 0. The highest BCUT2D eigenvalue weighted by atomic mass is 16.2. The fraction of sp³-hybridized carbons (Fsp3) is 0.652. The zero-order chi connectivity index (χ0) is 19.9. The number of benzene rings is 1. The summed E-state index contributed by atoms with van der Waals surface area (Å²) in [5, 5.41) is 2.20. The van der Waals surface area contributed by atoms with Crippen LogP contribution in [0.2, 0.25) is 0 Å². The molecule has 152 valence electrons. The number of hydrogen-bond acceptors (Lipinski definition) is 3. The number of carbonyl (C=O) groups excluding carboxylic acids is 2. The number of amides is 2. The predicted octanol–water partition coefficient (Wildman–Crippen LogP) is 5.46. The summed E-state index contributed by atoms with van der Waals surface area (Å²) in [5.41, 5.74) is 6.40. The third kappa shape index (κ3) is 9.71. The van der Waals surface area contributed by atoms with E-state index >= 15 is 0 Å². The van der Waals surface area contributed by atoms with Crippen molar-refractivity contribution in [1.29, 1.82) is 0 Å². The summed E-state index contributed by atoms with van der Waals surface area (Å²) in [4.78, 5) is 21.9. The van der Waals surface area contributed by atoms with Crippen LogP contribution in [0.3, 0.4) is 0 Å². The molecule has 0 saturated carbocycles. The molecule has 1 aromatic carbocycles. The first-order valence-electron chi connectivity index (χ1n) is 10.7. The molecule has 4 nitrogen and oxygen atoms in total. The van der Waals surface area contributed by atoms with Crippen molar-refractivity contribution in [1.82, 2.24) is 5.32 Å². The van der Waals surface area contributed by atoms with Gasteiger partial charge in [-0.3, -0.25) is 14.9 Å². The average Bonchev–Trinajstić information content (AvgIpc) is 2.98. The first-order chi connectivity index (χ1) is 13.1. The van der Waals surface area contributed by atoms with Gasteiger partial charge in [-0.15, -0.1) is 0 Å².